The van der Waals surface area contributed by atoms with Crippen LogP contribution in [0.5, 0.6) is 0 Å². The molecule has 1 atom stereocenters. The van der Waals surface area contributed by atoms with Crippen molar-refractivity contribution in [3.8, 4) is 0 Å². The largest absolute Gasteiger partial charge is 0.354 e. The minimum absolute atomic E-state index is 0.0119. The lowest BCUT2D eigenvalue weighted by Gasteiger charge is -2.31. The molecule has 0 saturated heterocycles. The molecule has 1 unspecified atom stereocenters. The molecule has 0 aromatic heterocycles. The fraction of sp³-hybridized carbons (Fsp3) is 0.462. The number of hydrogen-bond donors (Lipinski definition) is 1. The monoisotopic (exact) mass is 523 g/mol. The number of nitrogens with zero attached hydrogens (tertiary/aromatic N) is 2. The van der Waals surface area contributed by atoms with Crippen molar-refractivity contribution in [3.63, 3.8) is 0 Å². The van der Waals surface area contributed by atoms with Crippen molar-refractivity contribution in [2.45, 2.75) is 52.0 Å². The predicted octanol–water partition coefficient (Wildman–Crippen LogP) is 3.89. The normalized spacial score (nSPS) is 12.1. The molecule has 198 valence electrons. The van der Waals surface area contributed by atoms with Gasteiger partial charge >= 0.3 is 0 Å². The minimum atomic E-state index is -3.80. The van der Waals surface area contributed by atoms with E-state index in [1.54, 1.807) is 4.90 Å². The summed E-state index contributed by atoms with van der Waals surface area (Å²) in [6.45, 7) is 4.53. The zero-order valence-electron chi connectivity index (χ0n) is 21.0. The van der Waals surface area contributed by atoms with Gasteiger partial charge in [0.1, 0.15) is 6.04 Å². The van der Waals surface area contributed by atoms with E-state index >= 15 is 0 Å². The van der Waals surface area contributed by atoms with E-state index in [1.807, 2.05) is 44.2 Å². The maximum Gasteiger partial charge on any atom is 0.242 e. The molecule has 36 heavy (non-hydrogen) atoms. The number of amides is 2. The van der Waals surface area contributed by atoms with Crippen molar-refractivity contribution in [3.05, 3.63) is 65.7 Å². The van der Waals surface area contributed by atoms with Crippen LogP contribution >= 0.6 is 0 Å². The molecule has 7 nitrogen and oxygen atoms in total. The topological polar surface area (TPSA) is 86.8 Å². The van der Waals surface area contributed by atoms with E-state index in [2.05, 4.69) is 5.32 Å². The Morgan fingerprint density at radius 2 is 1.69 bits per heavy atom. The van der Waals surface area contributed by atoms with Gasteiger partial charge in [-0.3, -0.25) is 13.9 Å². The Bertz CT molecular complexity index is 1110. The number of halogens is 2. The van der Waals surface area contributed by atoms with E-state index in [1.165, 1.54) is 6.07 Å². The van der Waals surface area contributed by atoms with Crippen LogP contribution in [0.2, 0.25) is 0 Å². The van der Waals surface area contributed by atoms with Crippen LogP contribution in [0.3, 0.4) is 0 Å². The number of carbonyl (C=O) groups excluding carboxylic acids is 2. The van der Waals surface area contributed by atoms with Crippen LogP contribution in [0, 0.1) is 11.6 Å². The van der Waals surface area contributed by atoms with Crippen molar-refractivity contribution in [2.24, 2.45) is 0 Å². The summed E-state index contributed by atoms with van der Waals surface area (Å²) in [7, 11) is -3.80. The lowest BCUT2D eigenvalue weighted by Crippen LogP contribution is -2.50. The van der Waals surface area contributed by atoms with Crippen molar-refractivity contribution in [1.82, 2.24) is 10.2 Å². The molecule has 10 heteroatoms. The van der Waals surface area contributed by atoms with Gasteiger partial charge in [-0.1, -0.05) is 44.2 Å². The van der Waals surface area contributed by atoms with E-state index in [0.717, 1.165) is 34.7 Å². The SMILES string of the molecule is CCCNC(=O)C(CC)N(CCc1ccccc1)C(=O)CCCN(c1ccc(F)c(F)c1)S(C)(=O)=O. The summed E-state index contributed by atoms with van der Waals surface area (Å²) >= 11 is 0. The first-order chi connectivity index (χ1) is 17.1. The average molecular weight is 524 g/mol. The van der Waals surface area contributed by atoms with Gasteiger partial charge < -0.3 is 10.2 Å². The van der Waals surface area contributed by atoms with E-state index in [4.69, 9.17) is 0 Å². The molecule has 2 amide bonds. The molecule has 0 aliphatic heterocycles. The molecule has 0 spiro atoms. The molecule has 0 saturated carbocycles. The Hall–Kier alpha value is -3.01. The smallest absolute Gasteiger partial charge is 0.242 e. The van der Waals surface area contributed by atoms with Crippen LogP contribution in [-0.4, -0.2) is 57.1 Å². The third kappa shape index (κ3) is 8.58. The fourth-order valence-electron chi connectivity index (χ4n) is 3.91. The van der Waals surface area contributed by atoms with E-state index in [9.17, 15) is 26.8 Å². The first kappa shape index (κ1) is 29.2. The first-order valence-electron chi connectivity index (χ1n) is 12.1. The van der Waals surface area contributed by atoms with Gasteiger partial charge in [-0.15, -0.1) is 0 Å². The summed E-state index contributed by atoms with van der Waals surface area (Å²) in [5.41, 5.74) is 1.01. The molecule has 0 bridgehead atoms. The van der Waals surface area contributed by atoms with E-state index in [0.29, 0.717) is 25.9 Å². The maximum absolute atomic E-state index is 13.7. The van der Waals surface area contributed by atoms with Crippen LogP contribution in [0.15, 0.2) is 48.5 Å². The number of anilines is 1. The van der Waals surface area contributed by atoms with Gasteiger partial charge in [-0.25, -0.2) is 17.2 Å². The predicted molar refractivity (Wildman–Crippen MR) is 137 cm³/mol. The standard InChI is InChI=1S/C26H35F2N3O4S/c1-4-16-29-26(33)24(5-2)30(18-15-20-10-7-6-8-11-20)25(32)12-9-17-31(36(3,34)35)21-13-14-22(27)23(28)19-21/h6-8,10-11,13-14,19,24H,4-5,9,12,15-18H2,1-3H3,(H,29,33). The van der Waals surface area contributed by atoms with Crippen LogP contribution in [0.25, 0.3) is 0 Å². The van der Waals surface area contributed by atoms with Gasteiger partial charge in [0, 0.05) is 32.1 Å². The zero-order valence-corrected chi connectivity index (χ0v) is 21.9. The van der Waals surface area contributed by atoms with Gasteiger partial charge in [0.05, 0.1) is 11.9 Å². The lowest BCUT2D eigenvalue weighted by molar-refractivity contribution is -0.140. The highest BCUT2D eigenvalue weighted by Gasteiger charge is 2.28. The number of nitrogens with one attached hydrogen (secondary N) is 1. The van der Waals surface area contributed by atoms with Crippen molar-refractivity contribution < 1.29 is 26.8 Å². The summed E-state index contributed by atoms with van der Waals surface area (Å²) in [6, 6.07) is 11.8. The Morgan fingerprint density at radius 3 is 2.28 bits per heavy atom. The van der Waals surface area contributed by atoms with Crippen LogP contribution < -0.4 is 9.62 Å². The van der Waals surface area contributed by atoms with E-state index < -0.39 is 27.7 Å². The molecular weight excluding hydrogens is 488 g/mol. The molecule has 2 aromatic carbocycles. The second kappa shape index (κ2) is 13.9. The van der Waals surface area contributed by atoms with Crippen molar-refractivity contribution in [1.29, 1.82) is 0 Å². The molecule has 0 heterocycles. The molecule has 0 fully saturated rings. The fourth-order valence-corrected chi connectivity index (χ4v) is 4.86. The zero-order chi connectivity index (χ0) is 26.7. The van der Waals surface area contributed by atoms with Gasteiger partial charge in [0.25, 0.3) is 0 Å². The molecule has 2 rings (SSSR count). The lowest BCUT2D eigenvalue weighted by atomic mass is 10.1. The Morgan fingerprint density at radius 1 is 1.00 bits per heavy atom. The minimum Gasteiger partial charge on any atom is -0.354 e. The summed E-state index contributed by atoms with van der Waals surface area (Å²) in [5, 5.41) is 2.86. The highest BCUT2D eigenvalue weighted by Crippen LogP contribution is 2.21. The first-order valence-corrected chi connectivity index (χ1v) is 14.0. The van der Waals surface area contributed by atoms with E-state index in [-0.39, 0.29) is 36.9 Å². The molecule has 1 N–H and O–H groups in total. The summed E-state index contributed by atoms with van der Waals surface area (Å²) < 4.78 is 52.6. The van der Waals surface area contributed by atoms with Crippen LogP contribution in [0.1, 0.15) is 45.1 Å². The summed E-state index contributed by atoms with van der Waals surface area (Å²) in [6.07, 6.45) is 2.86. The number of carbonyl (C=O) groups is 2. The summed E-state index contributed by atoms with van der Waals surface area (Å²) in [4.78, 5) is 27.6. The van der Waals surface area contributed by atoms with Gasteiger partial charge in [0.15, 0.2) is 11.6 Å². The average Bonchev–Trinajstić information content (AvgIpc) is 2.84. The third-order valence-corrected chi connectivity index (χ3v) is 6.96. The molecule has 0 aliphatic rings. The Labute approximate surface area is 212 Å². The number of rotatable bonds is 14. The number of hydrogen-bond acceptors (Lipinski definition) is 4. The van der Waals surface area contributed by atoms with Crippen molar-refractivity contribution in [2.75, 3.05) is 30.2 Å². The van der Waals surface area contributed by atoms with Gasteiger partial charge in [-0.05, 0) is 43.4 Å². The highest BCUT2D eigenvalue weighted by molar-refractivity contribution is 7.92. The number of sulfonamides is 1. The molecule has 0 aliphatic carbocycles. The van der Waals surface area contributed by atoms with Crippen molar-refractivity contribution >= 4 is 27.5 Å². The quantitative estimate of drug-likeness (QED) is 0.407. The van der Waals surface area contributed by atoms with Gasteiger partial charge in [0.2, 0.25) is 21.8 Å². The second-order valence-corrected chi connectivity index (χ2v) is 10.5. The number of benzene rings is 2. The van der Waals surface area contributed by atoms with Gasteiger partial charge in [-0.2, -0.15) is 0 Å². The molecule has 0 radical (unpaired) electrons. The molecular formula is C26H35F2N3O4S. The second-order valence-electron chi connectivity index (χ2n) is 8.57. The third-order valence-electron chi connectivity index (χ3n) is 5.76. The van der Waals surface area contributed by atoms with Crippen LogP contribution in [-0.2, 0) is 26.0 Å². The Kier molecular flexibility index (Phi) is 11.3. The molecule has 2 aromatic rings. The highest BCUT2D eigenvalue weighted by atomic mass is 32.2. The Balaban J connectivity index is 2.15. The maximum atomic E-state index is 13.7. The summed E-state index contributed by atoms with van der Waals surface area (Å²) in [5.74, 6) is -2.74. The van der Waals surface area contributed by atoms with Crippen LogP contribution in [0.4, 0.5) is 14.5 Å².